The van der Waals surface area contributed by atoms with Crippen molar-refractivity contribution in [2.75, 3.05) is 18.5 Å². The van der Waals surface area contributed by atoms with E-state index in [1.807, 2.05) is 62.4 Å². The van der Waals surface area contributed by atoms with Gasteiger partial charge in [-0.2, -0.15) is 0 Å². The second kappa shape index (κ2) is 17.6. The molecule has 3 aromatic carbocycles. The first kappa shape index (κ1) is 35.6. The number of carbonyl (C=O) groups excluding carboxylic acids is 3. The molecule has 246 valence electrons. The van der Waals surface area contributed by atoms with Crippen LogP contribution in [0.2, 0.25) is 0 Å². The van der Waals surface area contributed by atoms with E-state index in [1.165, 1.54) is 0 Å². The fourth-order valence-corrected chi connectivity index (χ4v) is 5.22. The molecule has 3 aromatic rings. The lowest BCUT2D eigenvalue weighted by atomic mass is 9.98. The second-order valence-corrected chi connectivity index (χ2v) is 11.0. The Labute approximate surface area is 270 Å². The molecule has 1 aliphatic carbocycles. The van der Waals surface area contributed by atoms with Crippen molar-refractivity contribution in [1.29, 1.82) is 0 Å². The minimum absolute atomic E-state index is 0.0652. The van der Waals surface area contributed by atoms with Crippen molar-refractivity contribution in [2.24, 2.45) is 16.6 Å². The van der Waals surface area contributed by atoms with E-state index in [-0.39, 0.29) is 38.0 Å². The molecule has 0 radical (unpaired) electrons. The maximum absolute atomic E-state index is 13.4. The second-order valence-electron chi connectivity index (χ2n) is 11.0. The number of amides is 4. The summed E-state index contributed by atoms with van der Waals surface area (Å²) in [6, 6.07) is 19.8. The highest BCUT2D eigenvalue weighted by Crippen LogP contribution is 2.44. The largest absolute Gasteiger partial charge is 0.599 e. The average molecular weight is 631 g/mol. The van der Waals surface area contributed by atoms with Gasteiger partial charge in [0.2, 0.25) is 11.8 Å². The zero-order valence-electron chi connectivity index (χ0n) is 26.8. The molecule has 0 saturated heterocycles. The number of aliphatic hydroxyl groups is 1. The number of ether oxygens (including phenoxy) is 1. The van der Waals surface area contributed by atoms with E-state index in [4.69, 9.17) is 10.5 Å². The summed E-state index contributed by atoms with van der Waals surface area (Å²) in [6.45, 7) is 7.63. The number of nitrogens with one attached hydrogen (secondary N) is 3. The fourth-order valence-electron chi connectivity index (χ4n) is 5.22. The zero-order valence-corrected chi connectivity index (χ0v) is 26.8. The van der Waals surface area contributed by atoms with Crippen molar-refractivity contribution in [1.82, 2.24) is 10.6 Å². The van der Waals surface area contributed by atoms with Crippen LogP contribution in [0.25, 0.3) is 11.1 Å². The van der Waals surface area contributed by atoms with Crippen LogP contribution in [0.4, 0.5) is 10.5 Å². The van der Waals surface area contributed by atoms with Gasteiger partial charge in [-0.15, -0.1) is 0 Å². The van der Waals surface area contributed by atoms with Crippen molar-refractivity contribution >= 4 is 29.6 Å². The smallest absolute Gasteiger partial charge is 0.312 e. The quantitative estimate of drug-likeness (QED) is 0.109. The van der Waals surface area contributed by atoms with Gasteiger partial charge in [-0.05, 0) is 58.7 Å². The molecule has 0 aliphatic heterocycles. The third-order valence-corrected chi connectivity index (χ3v) is 7.49. The van der Waals surface area contributed by atoms with E-state index in [0.29, 0.717) is 17.7 Å². The molecule has 11 nitrogen and oxygen atoms in total. The van der Waals surface area contributed by atoms with Crippen molar-refractivity contribution in [3.05, 3.63) is 89.5 Å². The molecule has 0 aromatic heterocycles. The van der Waals surface area contributed by atoms with E-state index >= 15 is 0 Å². The molecule has 0 bridgehead atoms. The Morgan fingerprint density at radius 3 is 2.07 bits per heavy atom. The minimum atomic E-state index is -1.10. The number of fused-ring (bicyclic) bond motifs is 3. The van der Waals surface area contributed by atoms with Crippen molar-refractivity contribution < 1.29 is 29.3 Å². The van der Waals surface area contributed by atoms with Crippen LogP contribution in [-0.4, -0.2) is 54.3 Å². The fraction of sp³-hybridized carbons (Fsp3) is 0.371. The lowest BCUT2D eigenvalue weighted by Crippen LogP contribution is -2.49. The summed E-state index contributed by atoms with van der Waals surface area (Å²) in [4.78, 5) is 41.7. The number of nitrogens with two attached hydrogens (primary N) is 1. The monoisotopic (exact) mass is 630 g/mol. The molecule has 4 rings (SSSR count). The van der Waals surface area contributed by atoms with Gasteiger partial charge in [0.25, 0.3) is 0 Å². The van der Waals surface area contributed by atoms with Crippen LogP contribution in [0.3, 0.4) is 0 Å². The number of rotatable bonds is 13. The third kappa shape index (κ3) is 9.55. The van der Waals surface area contributed by atoms with Gasteiger partial charge < -0.3 is 36.6 Å². The van der Waals surface area contributed by atoms with Crippen LogP contribution in [0.1, 0.15) is 63.1 Å². The minimum Gasteiger partial charge on any atom is -0.599 e. The number of primary amides is 1. The number of hydrogen-bond acceptors (Lipinski definition) is 7. The summed E-state index contributed by atoms with van der Waals surface area (Å²) in [6.07, 6.45) is -0.334. The number of urea groups is 1. The molecule has 1 aliphatic rings. The first-order valence-electron chi connectivity index (χ1n) is 15.6. The molecule has 0 heterocycles. The lowest BCUT2D eigenvalue weighted by molar-refractivity contribution is -0.251. The van der Waals surface area contributed by atoms with Crippen LogP contribution >= 0.6 is 0 Å². The Hall–Kier alpha value is -4.90. The van der Waals surface area contributed by atoms with Gasteiger partial charge in [0, 0.05) is 24.8 Å². The maximum Gasteiger partial charge on any atom is 0.312 e. The number of benzene rings is 3. The molecular weight excluding hydrogens is 586 g/mol. The SMILES string of the molecule is CC.CC(C)[C@@H](N=C([O-])OCC1c2ccccc2-c2ccccc21)C(=O)N[C@@H](CCCNC(N)=O)C(=O)Nc1ccc(CO)cc1. The van der Waals surface area contributed by atoms with Gasteiger partial charge in [-0.1, -0.05) is 88.4 Å². The van der Waals surface area contributed by atoms with Gasteiger partial charge in [0.15, 0.2) is 0 Å². The van der Waals surface area contributed by atoms with Crippen LogP contribution < -0.4 is 26.8 Å². The first-order valence-corrected chi connectivity index (χ1v) is 15.6. The van der Waals surface area contributed by atoms with Crippen LogP contribution in [0.5, 0.6) is 0 Å². The van der Waals surface area contributed by atoms with Gasteiger partial charge in [-0.25, -0.2) is 4.79 Å². The van der Waals surface area contributed by atoms with E-state index in [9.17, 15) is 24.6 Å². The topological polar surface area (TPSA) is 178 Å². The molecular formula is C35H44N5O6-. The summed E-state index contributed by atoms with van der Waals surface area (Å²) in [5.74, 6) is -1.62. The number of aliphatic hydroxyl groups excluding tert-OH is 1. The summed E-state index contributed by atoms with van der Waals surface area (Å²) in [5.41, 5.74) is 10.6. The first-order chi connectivity index (χ1) is 22.2. The molecule has 46 heavy (non-hydrogen) atoms. The van der Waals surface area contributed by atoms with Gasteiger partial charge in [-0.3, -0.25) is 14.6 Å². The molecule has 2 atom stereocenters. The highest BCUT2D eigenvalue weighted by Gasteiger charge is 2.29. The number of anilines is 1. The normalized spacial score (nSPS) is 13.4. The number of hydrogen-bond donors (Lipinski definition) is 5. The number of nitrogens with zero attached hydrogens (tertiary/aromatic N) is 1. The van der Waals surface area contributed by atoms with E-state index in [0.717, 1.165) is 22.3 Å². The molecule has 4 amide bonds. The van der Waals surface area contributed by atoms with Crippen LogP contribution in [0.15, 0.2) is 77.8 Å². The Balaban J connectivity index is 0.00000282. The summed E-state index contributed by atoms with van der Waals surface area (Å²) < 4.78 is 5.59. The highest BCUT2D eigenvalue weighted by molar-refractivity contribution is 5.98. The van der Waals surface area contributed by atoms with Crippen LogP contribution in [0, 0.1) is 5.92 Å². The van der Waals surface area contributed by atoms with Crippen molar-refractivity contribution in [2.45, 2.75) is 65.1 Å². The molecule has 11 heteroatoms. The van der Waals surface area contributed by atoms with Crippen molar-refractivity contribution in [3.63, 3.8) is 0 Å². The maximum atomic E-state index is 13.4. The highest BCUT2D eigenvalue weighted by atomic mass is 16.6. The van der Waals surface area contributed by atoms with Crippen molar-refractivity contribution in [3.8, 4) is 11.1 Å². The lowest BCUT2D eigenvalue weighted by Gasteiger charge is -2.25. The predicted octanol–water partition coefficient (Wildman–Crippen LogP) is 3.65. The Morgan fingerprint density at radius 2 is 1.52 bits per heavy atom. The molecule has 0 unspecified atom stereocenters. The standard InChI is InChI=1S/C33H39N5O6.C2H6/c1-20(2)29(38-33(43)44-19-27-25-10-5-3-8-23(25)24-9-4-6-11-26(24)27)31(41)37-28(12-7-17-35-32(34)42)30(40)36-22-15-13-21(18-39)14-16-22;1-2/h3-6,8-11,13-16,20,27-29,39H,7,12,17-19H2,1-2H3,(H,36,40)(H,37,41)(H,38,43)(H3,34,35,42);1-2H3/p-1/t28-,29+;/m0./s1. The molecule has 0 saturated carbocycles. The van der Waals surface area contributed by atoms with E-state index in [2.05, 4.69) is 20.9 Å². The third-order valence-electron chi connectivity index (χ3n) is 7.49. The van der Waals surface area contributed by atoms with Gasteiger partial charge >= 0.3 is 6.03 Å². The Morgan fingerprint density at radius 1 is 0.935 bits per heavy atom. The summed E-state index contributed by atoms with van der Waals surface area (Å²) >= 11 is 0. The average Bonchev–Trinajstić information content (AvgIpc) is 3.38. The van der Waals surface area contributed by atoms with Crippen LogP contribution in [-0.2, 0) is 20.9 Å². The molecule has 0 fully saturated rings. The summed E-state index contributed by atoms with van der Waals surface area (Å²) in [7, 11) is 0. The Kier molecular flexibility index (Phi) is 13.6. The number of carbonyl (C=O) groups is 3. The summed E-state index contributed by atoms with van der Waals surface area (Å²) in [5, 5.41) is 30.1. The van der Waals surface area contributed by atoms with Gasteiger partial charge in [0.05, 0.1) is 6.61 Å². The molecule has 6 N–H and O–H groups in total. The Bertz CT molecular complexity index is 1450. The number of aliphatic imine (C=N–C) groups is 1. The van der Waals surface area contributed by atoms with Gasteiger partial charge in [0.1, 0.15) is 18.2 Å². The van der Waals surface area contributed by atoms with E-state index < -0.39 is 36.0 Å². The zero-order chi connectivity index (χ0) is 33.6. The predicted molar refractivity (Wildman–Crippen MR) is 177 cm³/mol. The molecule has 0 spiro atoms. The van der Waals surface area contributed by atoms with E-state index in [1.54, 1.807) is 38.1 Å².